The van der Waals surface area contributed by atoms with Gasteiger partial charge in [-0.15, -0.1) is 0 Å². The third-order valence-corrected chi connectivity index (χ3v) is 6.16. The van der Waals surface area contributed by atoms with Crippen molar-refractivity contribution in [3.8, 4) is 0 Å². The summed E-state index contributed by atoms with van der Waals surface area (Å²) in [4.78, 5) is 53.7. The molecule has 0 bridgehead atoms. The molecule has 4 amide bonds. The number of carbonyl (C=O) groups is 4. The maximum atomic E-state index is 12.8. The van der Waals surface area contributed by atoms with Gasteiger partial charge in [0.05, 0.1) is 17.5 Å². The first-order chi connectivity index (χ1) is 15.8. The molecule has 7 nitrogen and oxygen atoms in total. The molecule has 33 heavy (non-hydrogen) atoms. The maximum Gasteiger partial charge on any atom is 0.261 e. The van der Waals surface area contributed by atoms with Crippen molar-refractivity contribution >= 4 is 23.6 Å². The number of nitrogens with zero attached hydrogens (tertiary/aromatic N) is 2. The normalized spacial score (nSPS) is 16.3. The first-order valence-electron chi connectivity index (χ1n) is 11.5. The Morgan fingerprint density at radius 2 is 1.64 bits per heavy atom. The number of hydrogen-bond donors (Lipinski definition) is 1. The number of benzene rings is 2. The molecule has 1 fully saturated rings. The summed E-state index contributed by atoms with van der Waals surface area (Å²) >= 11 is 0. The summed E-state index contributed by atoms with van der Waals surface area (Å²) in [6.07, 6.45) is 1.74. The highest BCUT2D eigenvalue weighted by atomic mass is 16.2. The second-order valence-electron chi connectivity index (χ2n) is 9.17. The van der Waals surface area contributed by atoms with Gasteiger partial charge in [0.25, 0.3) is 17.7 Å². The lowest BCUT2D eigenvalue weighted by Gasteiger charge is -2.32. The van der Waals surface area contributed by atoms with Crippen molar-refractivity contribution in [2.45, 2.75) is 39.2 Å². The van der Waals surface area contributed by atoms with E-state index >= 15 is 0 Å². The van der Waals surface area contributed by atoms with Crippen LogP contribution in [0.5, 0.6) is 0 Å². The fourth-order valence-electron chi connectivity index (χ4n) is 4.39. The minimum Gasteiger partial charge on any atom is -0.349 e. The Balaban J connectivity index is 1.33. The van der Waals surface area contributed by atoms with Gasteiger partial charge in [0.1, 0.15) is 0 Å². The molecule has 0 radical (unpaired) electrons. The van der Waals surface area contributed by atoms with Gasteiger partial charge in [-0.1, -0.05) is 44.2 Å². The second kappa shape index (κ2) is 9.57. The van der Waals surface area contributed by atoms with E-state index in [2.05, 4.69) is 5.32 Å². The summed E-state index contributed by atoms with van der Waals surface area (Å²) in [5.74, 6) is -0.652. The van der Waals surface area contributed by atoms with Gasteiger partial charge >= 0.3 is 0 Å². The van der Waals surface area contributed by atoms with E-state index < -0.39 is 0 Å². The van der Waals surface area contributed by atoms with Crippen LogP contribution < -0.4 is 5.32 Å². The Bertz CT molecular complexity index is 1070. The van der Waals surface area contributed by atoms with Gasteiger partial charge in [-0.3, -0.25) is 24.1 Å². The van der Waals surface area contributed by atoms with Crippen LogP contribution >= 0.6 is 0 Å². The molecule has 1 N–H and O–H groups in total. The fraction of sp³-hybridized carbons (Fsp3) is 0.385. The molecule has 0 atom stereocenters. The van der Waals surface area contributed by atoms with E-state index in [0.717, 1.165) is 5.56 Å². The molecule has 4 rings (SSSR count). The van der Waals surface area contributed by atoms with E-state index in [1.54, 1.807) is 12.1 Å². The van der Waals surface area contributed by atoms with Crippen molar-refractivity contribution in [2.75, 3.05) is 19.6 Å². The molecule has 0 saturated carbocycles. The predicted octanol–water partition coefficient (Wildman–Crippen LogP) is 2.90. The SMILES string of the molecule is CC(C)CN1C(=O)c2ccc(C(=O)NC3CCN(C(=O)Cc4ccccc4)CC3)cc2C1=O. The second-order valence-corrected chi connectivity index (χ2v) is 9.17. The van der Waals surface area contributed by atoms with E-state index in [-0.39, 0.29) is 41.2 Å². The maximum absolute atomic E-state index is 12.8. The van der Waals surface area contributed by atoms with E-state index in [4.69, 9.17) is 0 Å². The largest absolute Gasteiger partial charge is 0.349 e. The minimum atomic E-state index is -0.344. The van der Waals surface area contributed by atoms with Gasteiger partial charge in [0, 0.05) is 31.2 Å². The molecule has 2 aromatic carbocycles. The average molecular weight is 448 g/mol. The molecule has 0 aliphatic carbocycles. The summed E-state index contributed by atoms with van der Waals surface area (Å²) < 4.78 is 0. The highest BCUT2D eigenvalue weighted by molar-refractivity contribution is 6.22. The Labute approximate surface area is 193 Å². The number of nitrogens with one attached hydrogen (secondary N) is 1. The van der Waals surface area contributed by atoms with Gasteiger partial charge < -0.3 is 10.2 Å². The number of likely N-dealkylation sites (tertiary alicyclic amines) is 1. The standard InChI is InChI=1S/C26H29N3O4/c1-17(2)16-29-25(32)21-9-8-19(15-22(21)26(29)33)24(31)27-20-10-12-28(13-11-20)23(30)14-18-6-4-3-5-7-18/h3-9,15,17,20H,10-14,16H2,1-2H3,(H,27,31). The quantitative estimate of drug-likeness (QED) is 0.690. The molecule has 2 heterocycles. The summed E-state index contributed by atoms with van der Waals surface area (Å²) in [5, 5.41) is 3.02. The lowest BCUT2D eigenvalue weighted by Crippen LogP contribution is -2.47. The number of piperidine rings is 1. The molecular weight excluding hydrogens is 418 g/mol. The lowest BCUT2D eigenvalue weighted by atomic mass is 10.0. The molecule has 2 aliphatic rings. The number of rotatable bonds is 6. The molecule has 0 unspecified atom stereocenters. The Morgan fingerprint density at radius 3 is 2.30 bits per heavy atom. The third-order valence-electron chi connectivity index (χ3n) is 6.16. The summed E-state index contributed by atoms with van der Waals surface area (Å²) in [5.41, 5.74) is 2.00. The van der Waals surface area contributed by atoms with Crippen molar-refractivity contribution in [2.24, 2.45) is 5.92 Å². The topological polar surface area (TPSA) is 86.8 Å². The summed E-state index contributed by atoms with van der Waals surface area (Å²) in [6, 6.07) is 14.3. The number of hydrogen-bond acceptors (Lipinski definition) is 4. The monoisotopic (exact) mass is 447 g/mol. The van der Waals surface area contributed by atoms with Crippen LogP contribution in [0.1, 0.15) is 63.3 Å². The van der Waals surface area contributed by atoms with E-state index in [1.165, 1.54) is 11.0 Å². The van der Waals surface area contributed by atoms with Gasteiger partial charge in [0.15, 0.2) is 0 Å². The zero-order valence-electron chi connectivity index (χ0n) is 19.0. The molecule has 1 saturated heterocycles. The summed E-state index contributed by atoms with van der Waals surface area (Å²) in [6.45, 7) is 5.44. The van der Waals surface area contributed by atoms with Gasteiger partial charge in [-0.25, -0.2) is 0 Å². The number of fused-ring (bicyclic) bond motifs is 1. The van der Waals surface area contributed by atoms with Gasteiger partial charge in [-0.05, 0) is 42.5 Å². The van der Waals surface area contributed by atoms with E-state index in [1.807, 2.05) is 49.1 Å². The predicted molar refractivity (Wildman–Crippen MR) is 124 cm³/mol. The van der Waals surface area contributed by atoms with Gasteiger partial charge in [-0.2, -0.15) is 0 Å². The van der Waals surface area contributed by atoms with Crippen molar-refractivity contribution in [3.05, 3.63) is 70.8 Å². The average Bonchev–Trinajstić information content (AvgIpc) is 3.04. The third kappa shape index (κ3) is 4.97. The smallest absolute Gasteiger partial charge is 0.261 e. The molecule has 7 heteroatoms. The van der Waals surface area contributed by atoms with Crippen LogP contribution in [0.15, 0.2) is 48.5 Å². The van der Waals surface area contributed by atoms with Crippen LogP contribution in [-0.4, -0.2) is 59.1 Å². The van der Waals surface area contributed by atoms with Crippen LogP contribution in [0.3, 0.4) is 0 Å². The first-order valence-corrected chi connectivity index (χ1v) is 11.5. The van der Waals surface area contributed by atoms with Crippen LogP contribution in [0.4, 0.5) is 0 Å². The van der Waals surface area contributed by atoms with Crippen molar-refractivity contribution in [1.29, 1.82) is 0 Å². The molecule has 2 aliphatic heterocycles. The van der Waals surface area contributed by atoms with Crippen LogP contribution in [0, 0.1) is 5.92 Å². The molecule has 0 spiro atoms. The van der Waals surface area contributed by atoms with Crippen LogP contribution in [-0.2, 0) is 11.2 Å². The van der Waals surface area contributed by atoms with Crippen LogP contribution in [0.25, 0.3) is 0 Å². The molecule has 0 aromatic heterocycles. The Hall–Kier alpha value is -3.48. The molecule has 172 valence electrons. The minimum absolute atomic E-state index is 0.0405. The van der Waals surface area contributed by atoms with Crippen molar-refractivity contribution in [1.82, 2.24) is 15.1 Å². The lowest BCUT2D eigenvalue weighted by molar-refractivity contribution is -0.131. The number of amides is 4. The number of imide groups is 1. The Kier molecular flexibility index (Phi) is 6.58. The van der Waals surface area contributed by atoms with Crippen molar-refractivity contribution in [3.63, 3.8) is 0 Å². The molecule has 2 aromatic rings. The van der Waals surface area contributed by atoms with Gasteiger partial charge in [0.2, 0.25) is 5.91 Å². The zero-order valence-corrected chi connectivity index (χ0v) is 19.0. The first kappa shape index (κ1) is 22.7. The fourth-order valence-corrected chi connectivity index (χ4v) is 4.39. The van der Waals surface area contributed by atoms with Crippen molar-refractivity contribution < 1.29 is 19.2 Å². The highest BCUT2D eigenvalue weighted by Gasteiger charge is 2.36. The summed E-state index contributed by atoms with van der Waals surface area (Å²) in [7, 11) is 0. The zero-order chi connectivity index (χ0) is 23.5. The Morgan fingerprint density at radius 1 is 0.970 bits per heavy atom. The van der Waals surface area contributed by atoms with E-state index in [0.29, 0.717) is 50.0 Å². The number of carbonyl (C=O) groups excluding carboxylic acids is 4. The highest BCUT2D eigenvalue weighted by Crippen LogP contribution is 2.25. The van der Waals surface area contributed by atoms with E-state index in [9.17, 15) is 19.2 Å². The molecular formula is C26H29N3O4. The van der Waals surface area contributed by atoms with Crippen LogP contribution in [0.2, 0.25) is 0 Å².